The zero-order chi connectivity index (χ0) is 15.7. The fraction of sp³-hybridized carbons (Fsp3) is 0.812. The number of likely N-dealkylation sites (tertiary alicyclic amines) is 2. The Bertz CT molecular complexity index is 528. The maximum atomic E-state index is 12.6. The summed E-state index contributed by atoms with van der Waals surface area (Å²) in [7, 11) is 0. The molecule has 0 aliphatic carbocycles. The van der Waals surface area contributed by atoms with Gasteiger partial charge in [-0.25, -0.2) is 0 Å². The number of hydrogen-bond donors (Lipinski definition) is 0. The van der Waals surface area contributed by atoms with E-state index in [0.29, 0.717) is 10.9 Å². The molecule has 0 aromatic carbocycles. The van der Waals surface area contributed by atoms with Crippen LogP contribution in [0.4, 0.5) is 0 Å². The third-order valence-corrected chi connectivity index (χ3v) is 6.33. The molecule has 1 aromatic heterocycles. The molecule has 2 aliphatic rings. The summed E-state index contributed by atoms with van der Waals surface area (Å²) >= 11 is 1.44. The smallest absolute Gasteiger partial charge is 0.284 e. The third kappa shape index (κ3) is 3.04. The first kappa shape index (κ1) is 15.9. The molecule has 0 bridgehead atoms. The average molecular weight is 322 g/mol. The van der Waals surface area contributed by atoms with Gasteiger partial charge in [0.1, 0.15) is 5.01 Å². The Kier molecular flexibility index (Phi) is 4.50. The number of carbonyl (C=O) groups excluding carboxylic acids is 1. The molecular formula is C16H26N4OS. The maximum Gasteiger partial charge on any atom is 0.284 e. The fourth-order valence-corrected chi connectivity index (χ4v) is 4.27. The van der Waals surface area contributed by atoms with Crippen molar-refractivity contribution in [1.29, 1.82) is 0 Å². The number of carbonyl (C=O) groups is 1. The molecule has 3 rings (SSSR count). The van der Waals surface area contributed by atoms with Crippen molar-refractivity contribution >= 4 is 17.2 Å². The Morgan fingerprint density at radius 2 is 1.77 bits per heavy atom. The summed E-state index contributed by atoms with van der Waals surface area (Å²) in [6.07, 6.45) is 4.77. The van der Waals surface area contributed by atoms with E-state index in [1.54, 1.807) is 0 Å². The molecule has 6 heteroatoms. The SMILES string of the molecule is CC(C)c1nnc(C(=O)N2CCC(C)(N3CCCC3)CC2)s1. The number of piperidine rings is 1. The molecule has 0 unspecified atom stereocenters. The quantitative estimate of drug-likeness (QED) is 0.858. The molecule has 0 saturated carbocycles. The van der Waals surface area contributed by atoms with E-state index in [4.69, 9.17) is 0 Å². The van der Waals surface area contributed by atoms with E-state index in [0.717, 1.165) is 30.9 Å². The van der Waals surface area contributed by atoms with Crippen LogP contribution in [0.1, 0.15) is 67.2 Å². The molecule has 0 atom stereocenters. The van der Waals surface area contributed by atoms with Crippen molar-refractivity contribution in [2.75, 3.05) is 26.2 Å². The van der Waals surface area contributed by atoms with E-state index in [1.165, 1.54) is 37.3 Å². The predicted molar refractivity (Wildman–Crippen MR) is 88.3 cm³/mol. The Morgan fingerprint density at radius 3 is 2.32 bits per heavy atom. The van der Waals surface area contributed by atoms with Crippen LogP contribution < -0.4 is 0 Å². The highest BCUT2D eigenvalue weighted by Crippen LogP contribution is 2.32. The molecule has 0 N–H and O–H groups in total. The van der Waals surface area contributed by atoms with Gasteiger partial charge in [-0.3, -0.25) is 9.69 Å². The summed E-state index contributed by atoms with van der Waals surface area (Å²) in [4.78, 5) is 17.2. The largest absolute Gasteiger partial charge is 0.336 e. The second kappa shape index (κ2) is 6.24. The summed E-state index contributed by atoms with van der Waals surface area (Å²) in [6.45, 7) is 10.6. The number of nitrogens with zero attached hydrogens (tertiary/aromatic N) is 4. The normalized spacial score (nSPS) is 22.5. The number of rotatable bonds is 3. The van der Waals surface area contributed by atoms with Crippen LogP contribution in [0.5, 0.6) is 0 Å². The van der Waals surface area contributed by atoms with Crippen LogP contribution in [0.3, 0.4) is 0 Å². The highest BCUT2D eigenvalue weighted by Gasteiger charge is 2.38. The fourth-order valence-electron chi connectivity index (χ4n) is 3.45. The van der Waals surface area contributed by atoms with Gasteiger partial charge < -0.3 is 4.90 Å². The monoisotopic (exact) mass is 322 g/mol. The van der Waals surface area contributed by atoms with Gasteiger partial charge in [-0.1, -0.05) is 25.2 Å². The van der Waals surface area contributed by atoms with Crippen molar-refractivity contribution in [3.8, 4) is 0 Å². The van der Waals surface area contributed by atoms with Gasteiger partial charge in [0.2, 0.25) is 5.01 Å². The van der Waals surface area contributed by atoms with Gasteiger partial charge in [-0.15, -0.1) is 10.2 Å². The second-order valence-corrected chi connectivity index (χ2v) is 8.09. The molecule has 2 aliphatic heterocycles. The maximum absolute atomic E-state index is 12.6. The van der Waals surface area contributed by atoms with Crippen LogP contribution in [-0.2, 0) is 0 Å². The van der Waals surface area contributed by atoms with Crippen LogP contribution in [0.15, 0.2) is 0 Å². The zero-order valence-electron chi connectivity index (χ0n) is 13.8. The lowest BCUT2D eigenvalue weighted by molar-refractivity contribution is 0.0405. The Morgan fingerprint density at radius 1 is 1.14 bits per heavy atom. The molecule has 2 fully saturated rings. The highest BCUT2D eigenvalue weighted by atomic mass is 32.1. The predicted octanol–water partition coefficient (Wildman–Crippen LogP) is 2.75. The van der Waals surface area contributed by atoms with Gasteiger partial charge in [0.15, 0.2) is 0 Å². The average Bonchev–Trinajstić information content (AvgIpc) is 3.19. The summed E-state index contributed by atoms with van der Waals surface area (Å²) < 4.78 is 0. The van der Waals surface area contributed by atoms with Crippen LogP contribution in [0, 0.1) is 0 Å². The molecule has 1 amide bonds. The number of amides is 1. The van der Waals surface area contributed by atoms with E-state index < -0.39 is 0 Å². The molecule has 1 aromatic rings. The first-order valence-electron chi connectivity index (χ1n) is 8.37. The van der Waals surface area contributed by atoms with Gasteiger partial charge in [0.25, 0.3) is 5.91 Å². The summed E-state index contributed by atoms with van der Waals surface area (Å²) in [5, 5.41) is 9.73. The number of aromatic nitrogens is 2. The van der Waals surface area contributed by atoms with E-state index >= 15 is 0 Å². The minimum Gasteiger partial charge on any atom is -0.336 e. The van der Waals surface area contributed by atoms with Gasteiger partial charge in [-0.2, -0.15) is 0 Å². The van der Waals surface area contributed by atoms with Gasteiger partial charge >= 0.3 is 0 Å². The van der Waals surface area contributed by atoms with Crippen LogP contribution >= 0.6 is 11.3 Å². The minimum absolute atomic E-state index is 0.0628. The van der Waals surface area contributed by atoms with Crippen molar-refractivity contribution in [1.82, 2.24) is 20.0 Å². The molecule has 0 spiro atoms. The van der Waals surface area contributed by atoms with E-state index in [1.807, 2.05) is 4.90 Å². The summed E-state index contributed by atoms with van der Waals surface area (Å²) in [6, 6.07) is 0. The lowest BCUT2D eigenvalue weighted by atomic mass is 9.88. The Labute approximate surface area is 136 Å². The second-order valence-electron chi connectivity index (χ2n) is 7.08. The van der Waals surface area contributed by atoms with Gasteiger partial charge in [0.05, 0.1) is 0 Å². The van der Waals surface area contributed by atoms with Gasteiger partial charge in [0, 0.05) is 24.5 Å². The van der Waals surface area contributed by atoms with Crippen LogP contribution in [-0.4, -0.2) is 57.6 Å². The Hall–Kier alpha value is -1.01. The van der Waals surface area contributed by atoms with E-state index in [-0.39, 0.29) is 11.4 Å². The van der Waals surface area contributed by atoms with Crippen molar-refractivity contribution in [3.63, 3.8) is 0 Å². The molecule has 5 nitrogen and oxygen atoms in total. The van der Waals surface area contributed by atoms with Gasteiger partial charge in [-0.05, 0) is 45.7 Å². The molecular weight excluding hydrogens is 296 g/mol. The van der Waals surface area contributed by atoms with Crippen molar-refractivity contribution in [3.05, 3.63) is 10.0 Å². The van der Waals surface area contributed by atoms with Crippen LogP contribution in [0.2, 0.25) is 0 Å². The summed E-state index contributed by atoms with van der Waals surface area (Å²) in [5.74, 6) is 0.395. The standard InChI is InChI=1S/C16H26N4OS/c1-12(2)13-17-18-14(22-13)15(21)19-10-6-16(3,7-11-19)20-8-4-5-9-20/h12H,4-11H2,1-3H3. The highest BCUT2D eigenvalue weighted by molar-refractivity contribution is 7.13. The minimum atomic E-state index is 0.0628. The molecule has 122 valence electrons. The van der Waals surface area contributed by atoms with Crippen LogP contribution in [0.25, 0.3) is 0 Å². The Balaban J connectivity index is 1.61. The lowest BCUT2D eigenvalue weighted by Crippen LogP contribution is -2.53. The zero-order valence-corrected chi connectivity index (χ0v) is 14.7. The molecule has 3 heterocycles. The lowest BCUT2D eigenvalue weighted by Gasteiger charge is -2.45. The van der Waals surface area contributed by atoms with Crippen molar-refractivity contribution < 1.29 is 4.79 Å². The van der Waals surface area contributed by atoms with Crippen molar-refractivity contribution in [2.45, 2.75) is 57.9 Å². The first-order chi connectivity index (χ1) is 10.5. The van der Waals surface area contributed by atoms with Crippen molar-refractivity contribution in [2.24, 2.45) is 0 Å². The molecule has 22 heavy (non-hydrogen) atoms. The van der Waals surface area contributed by atoms with E-state index in [9.17, 15) is 4.79 Å². The van der Waals surface area contributed by atoms with E-state index in [2.05, 4.69) is 35.9 Å². The molecule has 0 radical (unpaired) electrons. The third-order valence-electron chi connectivity index (χ3n) is 5.11. The molecule has 2 saturated heterocycles. The summed E-state index contributed by atoms with van der Waals surface area (Å²) in [5.41, 5.74) is 0.275. The first-order valence-corrected chi connectivity index (χ1v) is 9.19. The number of hydrogen-bond acceptors (Lipinski definition) is 5. The topological polar surface area (TPSA) is 49.3 Å².